The van der Waals surface area contributed by atoms with E-state index in [9.17, 15) is 23.3 Å². The van der Waals surface area contributed by atoms with E-state index in [0.29, 0.717) is 6.07 Å². The van der Waals surface area contributed by atoms with Crippen LogP contribution in [0.4, 0.5) is 24.5 Å². The largest absolute Gasteiger partial charge is 0.418 e. The maximum absolute atomic E-state index is 13.0. The van der Waals surface area contributed by atoms with Crippen molar-refractivity contribution < 1.29 is 18.1 Å². The lowest BCUT2D eigenvalue weighted by Gasteiger charge is -2.19. The van der Waals surface area contributed by atoms with Crippen molar-refractivity contribution in [3.63, 3.8) is 0 Å². The number of hydrogen-bond donors (Lipinski definition) is 1. The summed E-state index contributed by atoms with van der Waals surface area (Å²) in [4.78, 5) is 9.78. The summed E-state index contributed by atoms with van der Waals surface area (Å²) < 4.78 is 39.0. The molecule has 1 aromatic carbocycles. The molecule has 7 heteroatoms. The summed E-state index contributed by atoms with van der Waals surface area (Å²) in [5, 5.41) is 13.4. The van der Waals surface area contributed by atoms with Crippen molar-refractivity contribution in [2.75, 3.05) is 5.32 Å². The van der Waals surface area contributed by atoms with E-state index in [4.69, 9.17) is 0 Å². The van der Waals surface area contributed by atoms with Gasteiger partial charge in [-0.3, -0.25) is 10.1 Å². The first-order valence-corrected chi connectivity index (χ1v) is 6.88. The van der Waals surface area contributed by atoms with Crippen molar-refractivity contribution in [1.29, 1.82) is 0 Å². The van der Waals surface area contributed by atoms with Crippen LogP contribution in [0, 0.1) is 10.1 Å². The van der Waals surface area contributed by atoms with Gasteiger partial charge in [-0.15, -0.1) is 0 Å². The van der Waals surface area contributed by atoms with Gasteiger partial charge in [0.1, 0.15) is 0 Å². The topological polar surface area (TPSA) is 55.2 Å². The molecule has 0 aliphatic carbocycles. The van der Waals surface area contributed by atoms with Gasteiger partial charge in [-0.1, -0.05) is 26.2 Å². The normalized spacial score (nSPS) is 13.0. The number of unbranched alkanes of at least 4 members (excludes halogenated alkanes) is 2. The average molecular weight is 304 g/mol. The van der Waals surface area contributed by atoms with Gasteiger partial charge < -0.3 is 5.32 Å². The van der Waals surface area contributed by atoms with Gasteiger partial charge in [-0.2, -0.15) is 13.2 Å². The molecule has 21 heavy (non-hydrogen) atoms. The molecular weight excluding hydrogens is 285 g/mol. The van der Waals surface area contributed by atoms with Crippen molar-refractivity contribution in [2.45, 2.75) is 51.7 Å². The Balaban J connectivity index is 2.93. The van der Waals surface area contributed by atoms with E-state index < -0.39 is 22.4 Å². The number of rotatable bonds is 7. The van der Waals surface area contributed by atoms with Crippen LogP contribution < -0.4 is 5.32 Å². The Morgan fingerprint density at radius 1 is 1.33 bits per heavy atom. The Kier molecular flexibility index (Phi) is 5.99. The fourth-order valence-corrected chi connectivity index (χ4v) is 2.04. The summed E-state index contributed by atoms with van der Waals surface area (Å²) in [6.07, 6.45) is -0.880. The van der Waals surface area contributed by atoms with Gasteiger partial charge in [0, 0.05) is 23.9 Å². The van der Waals surface area contributed by atoms with Crippen LogP contribution in [0.3, 0.4) is 0 Å². The van der Waals surface area contributed by atoms with Crippen LogP contribution in [-0.4, -0.2) is 11.0 Å². The standard InChI is InChI=1S/C14H19F3N2O2/c1-3-4-5-6-10(2)18-13-8-7-11(19(20)21)9-12(13)14(15,16)17/h7-10,18H,3-6H2,1-2H3. The molecule has 4 nitrogen and oxygen atoms in total. The van der Waals surface area contributed by atoms with E-state index >= 15 is 0 Å². The zero-order valence-electron chi connectivity index (χ0n) is 12.0. The highest BCUT2D eigenvalue weighted by Gasteiger charge is 2.35. The Morgan fingerprint density at radius 2 is 2.00 bits per heavy atom. The molecule has 0 spiro atoms. The lowest BCUT2D eigenvalue weighted by atomic mass is 10.1. The molecule has 0 fully saturated rings. The first kappa shape index (κ1) is 17.3. The van der Waals surface area contributed by atoms with Crippen molar-refractivity contribution in [3.05, 3.63) is 33.9 Å². The van der Waals surface area contributed by atoms with Crippen LogP contribution in [0.5, 0.6) is 0 Å². The molecule has 0 amide bonds. The quantitative estimate of drug-likeness (QED) is 0.438. The summed E-state index contributed by atoms with van der Waals surface area (Å²) >= 11 is 0. The second-order valence-corrected chi connectivity index (χ2v) is 5.03. The third-order valence-electron chi connectivity index (χ3n) is 3.16. The molecule has 118 valence electrons. The summed E-state index contributed by atoms with van der Waals surface area (Å²) in [7, 11) is 0. The highest BCUT2D eigenvalue weighted by molar-refractivity contribution is 5.57. The van der Waals surface area contributed by atoms with Crippen LogP contribution in [0.2, 0.25) is 0 Å². The average Bonchev–Trinajstić information content (AvgIpc) is 2.37. The predicted octanol–water partition coefficient (Wildman–Crippen LogP) is 4.99. The third kappa shape index (κ3) is 5.24. The van der Waals surface area contributed by atoms with Crippen molar-refractivity contribution >= 4 is 11.4 Å². The molecule has 1 rings (SSSR count). The Morgan fingerprint density at radius 3 is 2.52 bits per heavy atom. The summed E-state index contributed by atoms with van der Waals surface area (Å²) in [5.74, 6) is 0. The Labute approximate surface area is 121 Å². The first-order valence-electron chi connectivity index (χ1n) is 6.88. The van der Waals surface area contributed by atoms with Crippen molar-refractivity contribution in [2.24, 2.45) is 0 Å². The zero-order valence-corrected chi connectivity index (χ0v) is 12.0. The second kappa shape index (κ2) is 7.28. The zero-order chi connectivity index (χ0) is 16.0. The van der Waals surface area contributed by atoms with E-state index in [1.54, 1.807) is 6.92 Å². The van der Waals surface area contributed by atoms with Gasteiger partial charge in [0.2, 0.25) is 0 Å². The third-order valence-corrected chi connectivity index (χ3v) is 3.16. The molecule has 1 unspecified atom stereocenters. The Bertz CT molecular complexity index is 490. The van der Waals surface area contributed by atoms with E-state index in [0.717, 1.165) is 37.8 Å². The second-order valence-electron chi connectivity index (χ2n) is 5.03. The van der Waals surface area contributed by atoms with Gasteiger partial charge in [0.15, 0.2) is 0 Å². The minimum atomic E-state index is -4.63. The summed E-state index contributed by atoms with van der Waals surface area (Å²) in [5.41, 5.74) is -1.68. The van der Waals surface area contributed by atoms with Crippen LogP contribution >= 0.6 is 0 Å². The van der Waals surface area contributed by atoms with Gasteiger partial charge in [0.05, 0.1) is 10.5 Å². The van der Waals surface area contributed by atoms with Gasteiger partial charge in [-0.25, -0.2) is 0 Å². The lowest BCUT2D eigenvalue weighted by Crippen LogP contribution is -2.19. The molecule has 1 atom stereocenters. The molecule has 1 aromatic rings. The minimum absolute atomic E-state index is 0.114. The van der Waals surface area contributed by atoms with E-state index in [-0.39, 0.29) is 11.7 Å². The van der Waals surface area contributed by atoms with E-state index in [1.165, 1.54) is 0 Å². The molecule has 0 aliphatic rings. The molecule has 0 radical (unpaired) electrons. The number of alkyl halides is 3. The van der Waals surface area contributed by atoms with E-state index in [1.807, 2.05) is 0 Å². The van der Waals surface area contributed by atoms with Crippen molar-refractivity contribution in [3.8, 4) is 0 Å². The number of nitro groups is 1. The summed E-state index contributed by atoms with van der Waals surface area (Å²) in [6.45, 7) is 3.85. The Hall–Kier alpha value is -1.79. The number of benzene rings is 1. The number of halogens is 3. The summed E-state index contributed by atoms with van der Waals surface area (Å²) in [6, 6.07) is 2.65. The van der Waals surface area contributed by atoms with Gasteiger partial charge in [-0.05, 0) is 19.4 Å². The first-order chi connectivity index (χ1) is 9.75. The fourth-order valence-electron chi connectivity index (χ4n) is 2.04. The van der Waals surface area contributed by atoms with Gasteiger partial charge in [0.25, 0.3) is 5.69 Å². The highest BCUT2D eigenvalue weighted by Crippen LogP contribution is 2.37. The van der Waals surface area contributed by atoms with Crippen LogP contribution in [-0.2, 0) is 6.18 Å². The van der Waals surface area contributed by atoms with Gasteiger partial charge >= 0.3 is 6.18 Å². The number of hydrogen-bond acceptors (Lipinski definition) is 3. The number of anilines is 1. The molecule has 0 saturated heterocycles. The van der Waals surface area contributed by atoms with E-state index in [2.05, 4.69) is 12.2 Å². The maximum atomic E-state index is 13.0. The molecule has 0 saturated carbocycles. The number of nitrogens with zero attached hydrogens (tertiary/aromatic N) is 1. The maximum Gasteiger partial charge on any atom is 0.418 e. The van der Waals surface area contributed by atoms with Crippen LogP contribution in [0.25, 0.3) is 0 Å². The smallest absolute Gasteiger partial charge is 0.382 e. The monoisotopic (exact) mass is 304 g/mol. The van der Waals surface area contributed by atoms with Crippen LogP contribution in [0.1, 0.15) is 45.1 Å². The number of nitrogens with one attached hydrogen (secondary N) is 1. The lowest BCUT2D eigenvalue weighted by molar-refractivity contribution is -0.385. The van der Waals surface area contributed by atoms with Crippen LogP contribution in [0.15, 0.2) is 18.2 Å². The number of nitro benzene ring substituents is 1. The molecule has 1 N–H and O–H groups in total. The SMILES string of the molecule is CCCCCC(C)Nc1ccc([N+](=O)[O-])cc1C(F)(F)F. The molecule has 0 bridgehead atoms. The fraction of sp³-hybridized carbons (Fsp3) is 0.571. The minimum Gasteiger partial charge on any atom is -0.382 e. The molecule has 0 aromatic heterocycles. The highest BCUT2D eigenvalue weighted by atomic mass is 19.4. The van der Waals surface area contributed by atoms with Crippen molar-refractivity contribution in [1.82, 2.24) is 0 Å². The predicted molar refractivity (Wildman–Crippen MR) is 75.3 cm³/mol. The molecular formula is C14H19F3N2O2. The molecule has 0 aliphatic heterocycles. The molecule has 0 heterocycles. The number of non-ortho nitro benzene ring substituents is 1.